The minimum atomic E-state index is 0.235. The van der Waals surface area contributed by atoms with Crippen LogP contribution in [0.15, 0.2) is 22.7 Å². The molecule has 0 aromatic heterocycles. The van der Waals surface area contributed by atoms with E-state index in [1.807, 2.05) is 32.0 Å². The summed E-state index contributed by atoms with van der Waals surface area (Å²) in [6.07, 6.45) is 0.235. The second-order valence-electron chi connectivity index (χ2n) is 3.32. The summed E-state index contributed by atoms with van der Waals surface area (Å²) in [7, 11) is 1.67. The van der Waals surface area contributed by atoms with Crippen molar-refractivity contribution in [2.24, 2.45) is 0 Å². The quantitative estimate of drug-likeness (QED) is 0.825. The normalized spacial score (nSPS) is 10.6. The molecule has 3 heteroatoms. The lowest BCUT2D eigenvalue weighted by Crippen LogP contribution is -2.03. The lowest BCUT2D eigenvalue weighted by atomic mass is 10.2. The lowest BCUT2D eigenvalue weighted by Gasteiger charge is -2.11. The topological polar surface area (TPSA) is 18.5 Å². The molecule has 0 radical (unpaired) electrons. The number of ether oxygens (including phenoxy) is 2. The van der Waals surface area contributed by atoms with Crippen molar-refractivity contribution in [3.05, 3.63) is 28.2 Å². The third kappa shape index (κ3) is 3.31. The number of hydrogen-bond acceptors (Lipinski definition) is 2. The van der Waals surface area contributed by atoms with Crippen molar-refractivity contribution in [1.82, 2.24) is 0 Å². The highest BCUT2D eigenvalue weighted by Crippen LogP contribution is 2.23. The Morgan fingerprint density at radius 3 is 2.64 bits per heavy atom. The van der Waals surface area contributed by atoms with Gasteiger partial charge in [-0.1, -0.05) is 15.9 Å². The summed E-state index contributed by atoms with van der Waals surface area (Å²) >= 11 is 3.42. The van der Waals surface area contributed by atoms with E-state index in [1.165, 1.54) is 0 Å². The van der Waals surface area contributed by atoms with E-state index in [0.717, 1.165) is 15.8 Å². The van der Waals surface area contributed by atoms with Gasteiger partial charge in [-0.15, -0.1) is 0 Å². The minimum Gasteiger partial charge on any atom is -0.496 e. The molecule has 0 amide bonds. The molecule has 0 N–H and O–H groups in total. The van der Waals surface area contributed by atoms with Gasteiger partial charge >= 0.3 is 0 Å². The molecule has 1 aromatic rings. The average molecular weight is 259 g/mol. The van der Waals surface area contributed by atoms with Crippen LogP contribution in [0.2, 0.25) is 0 Å². The van der Waals surface area contributed by atoms with Crippen LogP contribution in [-0.2, 0) is 11.3 Å². The average Bonchev–Trinajstić information content (AvgIpc) is 2.15. The Morgan fingerprint density at radius 1 is 1.36 bits per heavy atom. The van der Waals surface area contributed by atoms with Crippen molar-refractivity contribution in [1.29, 1.82) is 0 Å². The number of methoxy groups -OCH3 is 1. The molecule has 0 spiro atoms. The smallest absolute Gasteiger partial charge is 0.124 e. The van der Waals surface area contributed by atoms with Gasteiger partial charge in [0.1, 0.15) is 5.75 Å². The number of hydrogen-bond donors (Lipinski definition) is 0. The molecular weight excluding hydrogens is 244 g/mol. The van der Waals surface area contributed by atoms with Crippen LogP contribution in [-0.4, -0.2) is 13.2 Å². The summed E-state index contributed by atoms with van der Waals surface area (Å²) in [5.41, 5.74) is 1.07. The van der Waals surface area contributed by atoms with E-state index >= 15 is 0 Å². The predicted molar refractivity (Wildman–Crippen MR) is 60.6 cm³/mol. The zero-order valence-electron chi connectivity index (χ0n) is 8.71. The fourth-order valence-corrected chi connectivity index (χ4v) is 1.52. The van der Waals surface area contributed by atoms with Gasteiger partial charge in [0.25, 0.3) is 0 Å². The van der Waals surface area contributed by atoms with E-state index < -0.39 is 0 Å². The van der Waals surface area contributed by atoms with Gasteiger partial charge in [-0.3, -0.25) is 0 Å². The molecule has 14 heavy (non-hydrogen) atoms. The first-order valence-electron chi connectivity index (χ1n) is 4.57. The van der Waals surface area contributed by atoms with Gasteiger partial charge in [0, 0.05) is 10.0 Å². The molecule has 0 aliphatic rings. The van der Waals surface area contributed by atoms with Crippen molar-refractivity contribution in [2.45, 2.75) is 26.6 Å². The van der Waals surface area contributed by atoms with Crippen molar-refractivity contribution >= 4 is 15.9 Å². The van der Waals surface area contributed by atoms with E-state index in [-0.39, 0.29) is 6.10 Å². The number of halogens is 1. The third-order valence-corrected chi connectivity index (χ3v) is 2.31. The lowest BCUT2D eigenvalue weighted by molar-refractivity contribution is 0.0644. The first-order valence-corrected chi connectivity index (χ1v) is 5.37. The van der Waals surface area contributed by atoms with E-state index in [0.29, 0.717) is 6.61 Å². The zero-order chi connectivity index (χ0) is 10.6. The molecule has 2 nitrogen and oxygen atoms in total. The second kappa shape index (κ2) is 5.37. The molecular formula is C11H15BrO2. The highest BCUT2D eigenvalue weighted by atomic mass is 79.9. The fraction of sp³-hybridized carbons (Fsp3) is 0.455. The maximum absolute atomic E-state index is 5.52. The SMILES string of the molecule is COc1ccc(Br)cc1COC(C)C. The molecule has 0 atom stereocenters. The molecule has 1 rings (SSSR count). The van der Waals surface area contributed by atoms with Gasteiger partial charge in [0.2, 0.25) is 0 Å². The molecule has 0 saturated carbocycles. The van der Waals surface area contributed by atoms with Crippen molar-refractivity contribution in [3.63, 3.8) is 0 Å². The highest BCUT2D eigenvalue weighted by Gasteiger charge is 2.04. The van der Waals surface area contributed by atoms with Gasteiger partial charge in [-0.05, 0) is 32.0 Å². The summed E-state index contributed by atoms with van der Waals surface area (Å²) in [6, 6.07) is 5.90. The molecule has 78 valence electrons. The largest absolute Gasteiger partial charge is 0.496 e. The predicted octanol–water partition coefficient (Wildman–Crippen LogP) is 3.38. The Hall–Kier alpha value is -0.540. The molecule has 0 bridgehead atoms. The van der Waals surface area contributed by atoms with Gasteiger partial charge in [-0.2, -0.15) is 0 Å². The molecule has 1 aromatic carbocycles. The first-order chi connectivity index (χ1) is 6.63. The number of rotatable bonds is 4. The summed E-state index contributed by atoms with van der Waals surface area (Å²) < 4.78 is 11.8. The Labute approximate surface area is 93.4 Å². The molecule has 0 aliphatic heterocycles. The van der Waals surface area contributed by atoms with Crippen LogP contribution in [0.5, 0.6) is 5.75 Å². The Balaban J connectivity index is 2.77. The van der Waals surface area contributed by atoms with E-state index in [9.17, 15) is 0 Å². The van der Waals surface area contributed by atoms with Gasteiger partial charge in [-0.25, -0.2) is 0 Å². The van der Waals surface area contributed by atoms with Gasteiger partial charge < -0.3 is 9.47 Å². The van der Waals surface area contributed by atoms with Crippen molar-refractivity contribution in [2.75, 3.05) is 7.11 Å². The summed E-state index contributed by atoms with van der Waals surface area (Å²) in [6.45, 7) is 4.62. The van der Waals surface area contributed by atoms with Crippen LogP contribution >= 0.6 is 15.9 Å². The van der Waals surface area contributed by atoms with E-state index in [1.54, 1.807) is 7.11 Å². The van der Waals surface area contributed by atoms with Crippen LogP contribution in [0.25, 0.3) is 0 Å². The summed E-state index contributed by atoms with van der Waals surface area (Å²) in [5, 5.41) is 0. The minimum absolute atomic E-state index is 0.235. The molecule has 0 heterocycles. The Bertz CT molecular complexity index is 297. The highest BCUT2D eigenvalue weighted by molar-refractivity contribution is 9.10. The zero-order valence-corrected chi connectivity index (χ0v) is 10.3. The first kappa shape index (κ1) is 11.5. The standard InChI is InChI=1S/C11H15BrO2/c1-8(2)14-7-9-6-10(12)4-5-11(9)13-3/h4-6,8H,7H2,1-3H3. The maximum atomic E-state index is 5.52. The van der Waals surface area contributed by atoms with Crippen LogP contribution in [0.3, 0.4) is 0 Å². The van der Waals surface area contributed by atoms with Crippen LogP contribution < -0.4 is 4.74 Å². The van der Waals surface area contributed by atoms with E-state index in [2.05, 4.69) is 15.9 Å². The Morgan fingerprint density at radius 2 is 2.07 bits per heavy atom. The monoisotopic (exact) mass is 258 g/mol. The van der Waals surface area contributed by atoms with Crippen LogP contribution in [0.4, 0.5) is 0 Å². The molecule has 0 aliphatic carbocycles. The summed E-state index contributed by atoms with van der Waals surface area (Å²) in [5.74, 6) is 0.869. The Kier molecular flexibility index (Phi) is 4.42. The molecule has 0 fully saturated rings. The van der Waals surface area contributed by atoms with Gasteiger partial charge in [0.05, 0.1) is 19.8 Å². The van der Waals surface area contributed by atoms with Crippen molar-refractivity contribution in [3.8, 4) is 5.75 Å². The third-order valence-electron chi connectivity index (χ3n) is 1.81. The summed E-state index contributed by atoms with van der Waals surface area (Å²) in [4.78, 5) is 0. The molecule has 0 saturated heterocycles. The van der Waals surface area contributed by atoms with Crippen LogP contribution in [0.1, 0.15) is 19.4 Å². The molecule has 0 unspecified atom stereocenters. The van der Waals surface area contributed by atoms with Gasteiger partial charge in [0.15, 0.2) is 0 Å². The maximum Gasteiger partial charge on any atom is 0.124 e. The van der Waals surface area contributed by atoms with Crippen LogP contribution in [0, 0.1) is 0 Å². The van der Waals surface area contributed by atoms with E-state index in [4.69, 9.17) is 9.47 Å². The fourth-order valence-electron chi connectivity index (χ4n) is 1.12. The van der Waals surface area contributed by atoms with Crippen molar-refractivity contribution < 1.29 is 9.47 Å². The number of benzene rings is 1. The second-order valence-corrected chi connectivity index (χ2v) is 4.23.